The number of carbonyl (C=O) groups excluding carboxylic acids is 2. The van der Waals surface area contributed by atoms with Crippen molar-refractivity contribution in [3.63, 3.8) is 0 Å². The quantitative estimate of drug-likeness (QED) is 0.573. The molecule has 22 heavy (non-hydrogen) atoms. The molecule has 0 saturated heterocycles. The summed E-state index contributed by atoms with van der Waals surface area (Å²) in [5, 5.41) is 0. The van der Waals surface area contributed by atoms with Crippen LogP contribution in [0.3, 0.4) is 0 Å². The van der Waals surface area contributed by atoms with Crippen LogP contribution < -0.4 is 0 Å². The zero-order valence-electron chi connectivity index (χ0n) is 14.8. The normalized spacial score (nSPS) is 12.3. The Labute approximate surface area is 138 Å². The maximum Gasteiger partial charge on any atom is 0.305 e. The number of methoxy groups -OCH3 is 1. The van der Waals surface area contributed by atoms with Crippen molar-refractivity contribution < 1.29 is 14.3 Å². The molecule has 0 radical (unpaired) electrons. The number of hydrogen-bond acceptors (Lipinski definition) is 4. The van der Waals surface area contributed by atoms with Crippen molar-refractivity contribution in [3.05, 3.63) is 21.4 Å². The van der Waals surface area contributed by atoms with E-state index in [9.17, 15) is 9.59 Å². The molecule has 0 aliphatic heterocycles. The molecule has 0 bridgehead atoms. The van der Waals surface area contributed by atoms with Crippen LogP contribution in [0.25, 0.3) is 0 Å². The van der Waals surface area contributed by atoms with Crippen LogP contribution in [-0.4, -0.2) is 18.9 Å². The highest BCUT2D eigenvalue weighted by Gasteiger charge is 2.28. The van der Waals surface area contributed by atoms with E-state index in [1.807, 2.05) is 6.07 Å². The summed E-state index contributed by atoms with van der Waals surface area (Å²) in [6.07, 6.45) is 1.22. The molecule has 1 heterocycles. The van der Waals surface area contributed by atoms with Gasteiger partial charge in [-0.15, -0.1) is 11.3 Å². The summed E-state index contributed by atoms with van der Waals surface area (Å²) >= 11 is 1.73. The molecule has 0 unspecified atom stereocenters. The van der Waals surface area contributed by atoms with Gasteiger partial charge in [-0.1, -0.05) is 41.5 Å². The lowest BCUT2D eigenvalue weighted by molar-refractivity contribution is -0.140. The first-order valence-electron chi connectivity index (χ1n) is 7.71. The van der Waals surface area contributed by atoms with Gasteiger partial charge in [0.25, 0.3) is 0 Å². The lowest BCUT2D eigenvalue weighted by atomic mass is 9.88. The van der Waals surface area contributed by atoms with Gasteiger partial charge >= 0.3 is 5.97 Å². The van der Waals surface area contributed by atoms with Crippen LogP contribution in [0.5, 0.6) is 0 Å². The summed E-state index contributed by atoms with van der Waals surface area (Å²) in [6.45, 7) is 12.9. The second-order valence-corrected chi connectivity index (χ2v) is 8.76. The van der Waals surface area contributed by atoms with E-state index < -0.39 is 0 Å². The predicted molar refractivity (Wildman–Crippen MR) is 91.9 cm³/mol. The van der Waals surface area contributed by atoms with Gasteiger partial charge in [0.05, 0.1) is 7.11 Å². The van der Waals surface area contributed by atoms with Crippen LogP contribution >= 0.6 is 11.3 Å². The molecular formula is C18H28O3S. The SMILES string of the molecule is COC(=O)CCCC(=O)c1cc(C(C)(C)C)sc1C(C)(C)C. The van der Waals surface area contributed by atoms with Crippen molar-refractivity contribution in [3.8, 4) is 0 Å². The largest absolute Gasteiger partial charge is 0.469 e. The van der Waals surface area contributed by atoms with Gasteiger partial charge in [-0.3, -0.25) is 9.59 Å². The second-order valence-electron chi connectivity index (χ2n) is 7.71. The molecule has 1 aromatic rings. The number of ketones is 1. The van der Waals surface area contributed by atoms with Crippen molar-refractivity contribution in [2.24, 2.45) is 0 Å². The van der Waals surface area contributed by atoms with Crippen molar-refractivity contribution >= 4 is 23.1 Å². The van der Waals surface area contributed by atoms with Gasteiger partial charge in [0, 0.05) is 28.2 Å². The molecule has 0 N–H and O–H groups in total. The molecule has 1 aromatic heterocycles. The lowest BCUT2D eigenvalue weighted by Gasteiger charge is -2.19. The summed E-state index contributed by atoms with van der Waals surface area (Å²) in [5.74, 6) is -0.134. The van der Waals surface area contributed by atoms with Gasteiger partial charge < -0.3 is 4.74 Å². The topological polar surface area (TPSA) is 43.4 Å². The number of hydrogen-bond donors (Lipinski definition) is 0. The van der Waals surface area contributed by atoms with E-state index in [0.717, 1.165) is 10.4 Å². The van der Waals surface area contributed by atoms with E-state index in [-0.39, 0.29) is 22.6 Å². The predicted octanol–water partition coefficient (Wildman–Crippen LogP) is 4.87. The molecule has 0 aliphatic rings. The summed E-state index contributed by atoms with van der Waals surface area (Å²) in [7, 11) is 1.37. The second kappa shape index (κ2) is 6.95. The Bertz CT molecular complexity index is 542. The summed E-state index contributed by atoms with van der Waals surface area (Å²) in [4.78, 5) is 26.1. The van der Waals surface area contributed by atoms with Crippen molar-refractivity contribution in [1.29, 1.82) is 0 Å². The molecule has 0 aliphatic carbocycles. The number of rotatable bonds is 5. The summed E-state index contributed by atoms with van der Waals surface area (Å²) in [6, 6.07) is 2.05. The Hall–Kier alpha value is -1.16. The maximum atomic E-state index is 12.6. The lowest BCUT2D eigenvalue weighted by Crippen LogP contribution is -2.14. The Morgan fingerprint density at radius 2 is 1.64 bits per heavy atom. The molecule has 1 rings (SSSR count). The van der Waals surface area contributed by atoms with Gasteiger partial charge in [0.1, 0.15) is 0 Å². The zero-order valence-corrected chi connectivity index (χ0v) is 15.6. The van der Waals surface area contributed by atoms with Crippen molar-refractivity contribution in [2.75, 3.05) is 7.11 Å². The third-order valence-electron chi connectivity index (χ3n) is 3.47. The number of carbonyl (C=O) groups is 2. The van der Waals surface area contributed by atoms with Gasteiger partial charge in [-0.2, -0.15) is 0 Å². The van der Waals surface area contributed by atoms with Gasteiger partial charge in [0.2, 0.25) is 0 Å². The minimum Gasteiger partial charge on any atom is -0.469 e. The first-order valence-corrected chi connectivity index (χ1v) is 8.53. The third kappa shape index (κ3) is 4.94. The van der Waals surface area contributed by atoms with Crippen LogP contribution in [0.4, 0.5) is 0 Å². The molecule has 4 heteroatoms. The minimum absolute atomic E-state index is 0.0369. The Morgan fingerprint density at radius 3 is 2.09 bits per heavy atom. The van der Waals surface area contributed by atoms with Crippen LogP contribution in [-0.2, 0) is 20.4 Å². The fraction of sp³-hybridized carbons (Fsp3) is 0.667. The third-order valence-corrected chi connectivity index (χ3v) is 5.45. The average molecular weight is 324 g/mol. The van der Waals surface area contributed by atoms with Gasteiger partial charge in [-0.05, 0) is 23.3 Å². The molecule has 0 amide bonds. The maximum absolute atomic E-state index is 12.6. The van der Waals surface area contributed by atoms with Crippen LogP contribution in [0, 0.1) is 0 Å². The molecule has 0 aromatic carbocycles. The number of ether oxygens (including phenoxy) is 1. The zero-order chi connectivity index (χ0) is 17.1. The van der Waals surface area contributed by atoms with E-state index in [0.29, 0.717) is 19.3 Å². The van der Waals surface area contributed by atoms with E-state index in [4.69, 9.17) is 0 Å². The smallest absolute Gasteiger partial charge is 0.305 e. The van der Waals surface area contributed by atoms with E-state index >= 15 is 0 Å². The molecular weight excluding hydrogens is 296 g/mol. The fourth-order valence-corrected chi connectivity index (χ4v) is 3.45. The van der Waals surface area contributed by atoms with Gasteiger partial charge in [-0.25, -0.2) is 0 Å². The first-order chi connectivity index (χ1) is 9.96. The van der Waals surface area contributed by atoms with Crippen LogP contribution in [0.15, 0.2) is 6.07 Å². The fourth-order valence-electron chi connectivity index (χ4n) is 2.15. The molecule has 0 atom stereocenters. The van der Waals surface area contributed by atoms with Gasteiger partial charge in [0.15, 0.2) is 5.78 Å². The molecule has 3 nitrogen and oxygen atoms in total. The molecule has 0 fully saturated rings. The Kier molecular flexibility index (Phi) is 5.96. The van der Waals surface area contributed by atoms with E-state index in [2.05, 4.69) is 46.3 Å². The van der Waals surface area contributed by atoms with Crippen LogP contribution in [0.1, 0.15) is 80.9 Å². The highest BCUT2D eigenvalue weighted by atomic mass is 32.1. The summed E-state index contributed by atoms with van der Waals surface area (Å²) < 4.78 is 4.62. The molecule has 124 valence electrons. The van der Waals surface area contributed by atoms with Crippen molar-refractivity contribution in [2.45, 2.75) is 71.6 Å². The van der Waals surface area contributed by atoms with Crippen molar-refractivity contribution in [1.82, 2.24) is 0 Å². The highest BCUT2D eigenvalue weighted by Crippen LogP contribution is 2.39. The number of thiophene rings is 1. The Morgan fingerprint density at radius 1 is 1.05 bits per heavy atom. The average Bonchev–Trinajstić information content (AvgIpc) is 2.83. The highest BCUT2D eigenvalue weighted by molar-refractivity contribution is 7.12. The standard InChI is InChI=1S/C18H28O3S/c1-17(2,3)14-11-12(16(22-14)18(4,5)6)13(19)9-8-10-15(20)21-7/h11H,8-10H2,1-7H3. The van der Waals surface area contributed by atoms with E-state index in [1.165, 1.54) is 12.0 Å². The summed E-state index contributed by atoms with van der Waals surface area (Å²) in [5.41, 5.74) is 0.809. The Balaban J connectivity index is 2.99. The monoisotopic (exact) mass is 324 g/mol. The molecule has 0 spiro atoms. The number of Topliss-reactive ketones (excluding diaryl/α,β-unsaturated/α-hetero) is 1. The first kappa shape index (κ1) is 18.9. The minimum atomic E-state index is -0.260. The molecule has 0 saturated carbocycles. The van der Waals surface area contributed by atoms with E-state index in [1.54, 1.807) is 11.3 Å². The van der Waals surface area contributed by atoms with Crippen LogP contribution in [0.2, 0.25) is 0 Å². The number of esters is 1.